The first-order chi connectivity index (χ1) is 10.2. The zero-order valence-electron chi connectivity index (χ0n) is 13.1. The van der Waals surface area contributed by atoms with Gasteiger partial charge in [-0.05, 0) is 36.6 Å². The van der Waals surface area contributed by atoms with Gasteiger partial charge < -0.3 is 10.6 Å². The van der Waals surface area contributed by atoms with E-state index in [1.807, 2.05) is 6.07 Å². The monoisotopic (exact) mass is 282 g/mol. The molecule has 1 atom stereocenters. The van der Waals surface area contributed by atoms with E-state index >= 15 is 0 Å². The molecule has 1 unspecified atom stereocenters. The Hall–Kier alpha value is -1.80. The van der Waals surface area contributed by atoms with Crippen molar-refractivity contribution in [1.29, 1.82) is 0 Å². The standard InChI is InChI=1S/C19H26N2/c1-3-8-16-11-13-17(14-12-16)19(20)15-21(4-2)18-9-6-5-7-10-18/h5-7,9-14,19H,3-4,8,15,20H2,1-2H3. The first-order valence-electron chi connectivity index (χ1n) is 7.89. The summed E-state index contributed by atoms with van der Waals surface area (Å²) in [6, 6.07) is 19.3. The smallest absolute Gasteiger partial charge is 0.0473 e. The molecule has 0 bridgehead atoms. The lowest BCUT2D eigenvalue weighted by Crippen LogP contribution is -2.32. The third-order valence-electron chi connectivity index (χ3n) is 3.87. The Morgan fingerprint density at radius 3 is 2.19 bits per heavy atom. The van der Waals surface area contributed by atoms with Crippen LogP contribution in [-0.2, 0) is 6.42 Å². The van der Waals surface area contributed by atoms with Gasteiger partial charge in [-0.3, -0.25) is 0 Å². The molecule has 0 spiro atoms. The van der Waals surface area contributed by atoms with Crippen LogP contribution < -0.4 is 10.6 Å². The zero-order chi connectivity index (χ0) is 15.1. The molecule has 2 rings (SSSR count). The number of nitrogens with two attached hydrogens (primary N) is 1. The quantitative estimate of drug-likeness (QED) is 0.826. The lowest BCUT2D eigenvalue weighted by Gasteiger charge is -2.26. The number of hydrogen-bond donors (Lipinski definition) is 1. The Morgan fingerprint density at radius 1 is 0.952 bits per heavy atom. The van der Waals surface area contributed by atoms with Crippen LogP contribution in [0.15, 0.2) is 54.6 Å². The van der Waals surface area contributed by atoms with Crippen molar-refractivity contribution in [3.63, 3.8) is 0 Å². The van der Waals surface area contributed by atoms with Crippen LogP contribution >= 0.6 is 0 Å². The minimum Gasteiger partial charge on any atom is -0.370 e. The summed E-state index contributed by atoms with van der Waals surface area (Å²) in [5, 5.41) is 0. The van der Waals surface area contributed by atoms with E-state index in [0.29, 0.717) is 0 Å². The molecular formula is C19H26N2. The second kappa shape index (κ2) is 7.84. The molecule has 0 radical (unpaired) electrons. The van der Waals surface area contributed by atoms with Crippen molar-refractivity contribution in [2.24, 2.45) is 5.73 Å². The molecular weight excluding hydrogens is 256 g/mol. The molecule has 2 N–H and O–H groups in total. The van der Waals surface area contributed by atoms with Crippen molar-refractivity contribution < 1.29 is 0 Å². The molecule has 0 fully saturated rings. The number of nitrogens with zero attached hydrogens (tertiary/aromatic N) is 1. The Bertz CT molecular complexity index is 519. The van der Waals surface area contributed by atoms with Crippen molar-refractivity contribution in [3.05, 3.63) is 65.7 Å². The molecule has 112 valence electrons. The number of anilines is 1. The molecule has 2 aromatic carbocycles. The van der Waals surface area contributed by atoms with Crippen LogP contribution in [0, 0.1) is 0 Å². The average molecular weight is 282 g/mol. The van der Waals surface area contributed by atoms with Crippen LogP contribution in [0.4, 0.5) is 5.69 Å². The Kier molecular flexibility index (Phi) is 5.82. The van der Waals surface area contributed by atoms with Gasteiger partial charge in [0.2, 0.25) is 0 Å². The van der Waals surface area contributed by atoms with Crippen molar-refractivity contribution in [2.45, 2.75) is 32.7 Å². The Morgan fingerprint density at radius 2 is 1.62 bits per heavy atom. The van der Waals surface area contributed by atoms with Crippen molar-refractivity contribution in [3.8, 4) is 0 Å². The molecule has 0 saturated carbocycles. The van der Waals surface area contributed by atoms with Crippen molar-refractivity contribution >= 4 is 5.69 Å². The molecule has 0 amide bonds. The molecule has 0 aliphatic heterocycles. The predicted molar refractivity (Wildman–Crippen MR) is 91.7 cm³/mol. The normalized spacial score (nSPS) is 12.1. The summed E-state index contributed by atoms with van der Waals surface area (Å²) >= 11 is 0. The van der Waals surface area contributed by atoms with Crippen LogP contribution in [0.25, 0.3) is 0 Å². The van der Waals surface area contributed by atoms with Crippen molar-refractivity contribution in [2.75, 3.05) is 18.0 Å². The number of hydrogen-bond acceptors (Lipinski definition) is 2. The fourth-order valence-electron chi connectivity index (χ4n) is 2.62. The fourth-order valence-corrected chi connectivity index (χ4v) is 2.62. The number of benzene rings is 2. The van der Waals surface area contributed by atoms with Crippen LogP contribution in [-0.4, -0.2) is 13.1 Å². The van der Waals surface area contributed by atoms with Gasteiger partial charge in [0, 0.05) is 24.8 Å². The molecule has 0 saturated heterocycles. The fraction of sp³-hybridized carbons (Fsp3) is 0.368. The van der Waals surface area contributed by atoms with Crippen LogP contribution in [0.3, 0.4) is 0 Å². The molecule has 0 aliphatic carbocycles. The van der Waals surface area contributed by atoms with Gasteiger partial charge in [0.1, 0.15) is 0 Å². The maximum atomic E-state index is 6.39. The highest BCUT2D eigenvalue weighted by molar-refractivity contribution is 5.46. The van der Waals surface area contributed by atoms with Gasteiger partial charge >= 0.3 is 0 Å². The van der Waals surface area contributed by atoms with Crippen molar-refractivity contribution in [1.82, 2.24) is 0 Å². The minimum absolute atomic E-state index is 0.0424. The minimum atomic E-state index is 0.0424. The van der Waals surface area contributed by atoms with Crippen LogP contribution in [0.2, 0.25) is 0 Å². The first-order valence-corrected chi connectivity index (χ1v) is 7.89. The third-order valence-corrected chi connectivity index (χ3v) is 3.87. The highest BCUT2D eigenvalue weighted by Crippen LogP contribution is 2.18. The largest absolute Gasteiger partial charge is 0.370 e. The number of para-hydroxylation sites is 1. The van der Waals surface area contributed by atoms with E-state index in [4.69, 9.17) is 5.73 Å². The van der Waals surface area contributed by atoms with E-state index < -0.39 is 0 Å². The Labute approximate surface area is 128 Å². The second-order valence-electron chi connectivity index (χ2n) is 5.47. The topological polar surface area (TPSA) is 29.3 Å². The van der Waals surface area contributed by atoms with Gasteiger partial charge in [-0.2, -0.15) is 0 Å². The highest BCUT2D eigenvalue weighted by Gasteiger charge is 2.11. The number of rotatable bonds is 7. The van der Waals surface area contributed by atoms with Gasteiger partial charge in [-0.25, -0.2) is 0 Å². The summed E-state index contributed by atoms with van der Waals surface area (Å²) in [4.78, 5) is 2.32. The molecule has 0 aromatic heterocycles. The number of aryl methyl sites for hydroxylation is 1. The predicted octanol–water partition coefficient (Wildman–Crippen LogP) is 4.17. The summed E-state index contributed by atoms with van der Waals surface area (Å²) in [6.45, 7) is 6.18. The molecule has 2 aromatic rings. The van der Waals surface area contributed by atoms with E-state index in [9.17, 15) is 0 Å². The maximum Gasteiger partial charge on any atom is 0.0473 e. The second-order valence-corrected chi connectivity index (χ2v) is 5.47. The summed E-state index contributed by atoms with van der Waals surface area (Å²) in [6.07, 6.45) is 2.32. The van der Waals surface area contributed by atoms with Gasteiger partial charge in [0.25, 0.3) is 0 Å². The molecule has 2 heteroatoms. The van der Waals surface area contributed by atoms with E-state index in [-0.39, 0.29) is 6.04 Å². The summed E-state index contributed by atoms with van der Waals surface area (Å²) in [5.74, 6) is 0. The van der Waals surface area contributed by atoms with Gasteiger partial charge in [-0.15, -0.1) is 0 Å². The van der Waals surface area contributed by atoms with Gasteiger partial charge in [0.15, 0.2) is 0 Å². The summed E-state index contributed by atoms with van der Waals surface area (Å²) in [5.41, 5.74) is 10.2. The average Bonchev–Trinajstić information content (AvgIpc) is 2.54. The van der Waals surface area contributed by atoms with E-state index in [2.05, 4.69) is 67.3 Å². The van der Waals surface area contributed by atoms with E-state index in [1.54, 1.807) is 0 Å². The van der Waals surface area contributed by atoms with Crippen LogP contribution in [0.1, 0.15) is 37.4 Å². The van der Waals surface area contributed by atoms with Crippen LogP contribution in [0.5, 0.6) is 0 Å². The molecule has 21 heavy (non-hydrogen) atoms. The van der Waals surface area contributed by atoms with Gasteiger partial charge in [-0.1, -0.05) is 55.8 Å². The number of likely N-dealkylation sites (N-methyl/N-ethyl adjacent to an activating group) is 1. The summed E-state index contributed by atoms with van der Waals surface area (Å²) < 4.78 is 0. The van der Waals surface area contributed by atoms with E-state index in [0.717, 1.165) is 19.5 Å². The lowest BCUT2D eigenvalue weighted by atomic mass is 10.0. The lowest BCUT2D eigenvalue weighted by molar-refractivity contribution is 0.676. The zero-order valence-corrected chi connectivity index (χ0v) is 13.1. The maximum absolute atomic E-state index is 6.39. The molecule has 0 aliphatic rings. The molecule has 0 heterocycles. The Balaban J connectivity index is 2.03. The van der Waals surface area contributed by atoms with E-state index in [1.165, 1.54) is 23.2 Å². The SMILES string of the molecule is CCCc1ccc(C(N)CN(CC)c2ccccc2)cc1. The van der Waals surface area contributed by atoms with Gasteiger partial charge in [0.05, 0.1) is 0 Å². The highest BCUT2D eigenvalue weighted by atomic mass is 15.1. The molecule has 2 nitrogen and oxygen atoms in total. The third kappa shape index (κ3) is 4.33. The summed E-state index contributed by atoms with van der Waals surface area (Å²) in [7, 11) is 0. The first kappa shape index (κ1) is 15.6.